The number of hydrogen-bond acceptors (Lipinski definition) is 8. The van der Waals surface area contributed by atoms with Gasteiger partial charge in [0.2, 0.25) is 0 Å². The fourth-order valence-electron chi connectivity index (χ4n) is 4.57. The number of H-pyrrole nitrogens is 1. The van der Waals surface area contributed by atoms with Gasteiger partial charge in [0.25, 0.3) is 5.56 Å². The lowest BCUT2D eigenvalue weighted by Gasteiger charge is -2.33. The van der Waals surface area contributed by atoms with E-state index in [-0.39, 0.29) is 11.6 Å². The highest BCUT2D eigenvalue weighted by atomic mass is 32.2. The molecular weight excluding hydrogens is 452 g/mol. The molecule has 9 nitrogen and oxygen atoms in total. The summed E-state index contributed by atoms with van der Waals surface area (Å²) >= 11 is 1.92. The smallest absolute Gasteiger partial charge is 0.253 e. The van der Waals surface area contributed by atoms with E-state index in [0.29, 0.717) is 42.6 Å². The van der Waals surface area contributed by atoms with E-state index in [1.807, 2.05) is 60.3 Å². The number of ether oxygens (including phenoxy) is 2. The Balaban J connectivity index is 1.46. The van der Waals surface area contributed by atoms with Crippen molar-refractivity contribution < 1.29 is 9.47 Å². The maximum absolute atomic E-state index is 13.4. The van der Waals surface area contributed by atoms with E-state index in [9.17, 15) is 4.79 Å². The summed E-state index contributed by atoms with van der Waals surface area (Å²) in [4.78, 5) is 18.8. The Labute approximate surface area is 200 Å². The molecule has 0 aliphatic carbocycles. The average Bonchev–Trinajstić information content (AvgIpc) is 3.32. The lowest BCUT2D eigenvalue weighted by molar-refractivity contribution is 0.172. The molecule has 1 atom stereocenters. The van der Waals surface area contributed by atoms with Crippen LogP contribution in [0.5, 0.6) is 11.5 Å². The second kappa shape index (κ2) is 9.11. The van der Waals surface area contributed by atoms with E-state index >= 15 is 0 Å². The average molecular weight is 477 g/mol. The SMILES string of the molecule is O=c1[nH]c2cc3c(cc2cc1[C@H](c1nnnn1Cc1ccccc1)N1CCSCC1)OCCO3. The summed E-state index contributed by atoms with van der Waals surface area (Å²) in [6, 6.07) is 15.4. The molecular formula is C24H24N6O3S. The minimum Gasteiger partial charge on any atom is -0.486 e. The van der Waals surface area contributed by atoms with Crippen LogP contribution in [-0.2, 0) is 6.54 Å². The maximum atomic E-state index is 13.4. The molecule has 4 heterocycles. The van der Waals surface area contributed by atoms with Gasteiger partial charge in [-0.3, -0.25) is 9.69 Å². The van der Waals surface area contributed by atoms with Gasteiger partial charge in [0, 0.05) is 41.6 Å². The van der Waals surface area contributed by atoms with Crippen LogP contribution < -0.4 is 15.0 Å². The highest BCUT2D eigenvalue weighted by molar-refractivity contribution is 7.99. The highest BCUT2D eigenvalue weighted by Gasteiger charge is 2.31. The first-order valence-electron chi connectivity index (χ1n) is 11.3. The van der Waals surface area contributed by atoms with Gasteiger partial charge in [0.15, 0.2) is 17.3 Å². The van der Waals surface area contributed by atoms with Gasteiger partial charge in [0.1, 0.15) is 19.3 Å². The summed E-state index contributed by atoms with van der Waals surface area (Å²) in [6.45, 7) is 3.25. The van der Waals surface area contributed by atoms with Crippen molar-refractivity contribution in [2.24, 2.45) is 0 Å². The van der Waals surface area contributed by atoms with Crippen LogP contribution in [0.15, 0.2) is 53.3 Å². The first kappa shape index (κ1) is 21.2. The van der Waals surface area contributed by atoms with Crippen molar-refractivity contribution in [3.8, 4) is 11.5 Å². The third-order valence-electron chi connectivity index (χ3n) is 6.22. The predicted octanol–water partition coefficient (Wildman–Crippen LogP) is 2.47. The van der Waals surface area contributed by atoms with Gasteiger partial charge in [-0.2, -0.15) is 11.8 Å². The summed E-state index contributed by atoms with van der Waals surface area (Å²) in [5, 5.41) is 13.6. The zero-order chi connectivity index (χ0) is 22.9. The van der Waals surface area contributed by atoms with E-state index in [2.05, 4.69) is 25.4 Å². The second-order valence-electron chi connectivity index (χ2n) is 8.37. The van der Waals surface area contributed by atoms with Crippen molar-refractivity contribution in [2.45, 2.75) is 12.6 Å². The van der Waals surface area contributed by atoms with Crippen LogP contribution in [-0.4, -0.2) is 67.9 Å². The number of nitrogens with zero attached hydrogens (tertiary/aromatic N) is 5. The molecule has 0 radical (unpaired) electrons. The Morgan fingerprint density at radius 3 is 2.59 bits per heavy atom. The Bertz CT molecular complexity index is 1370. The molecule has 174 valence electrons. The summed E-state index contributed by atoms with van der Waals surface area (Å²) < 4.78 is 13.3. The molecule has 0 spiro atoms. The van der Waals surface area contributed by atoms with E-state index in [1.165, 1.54) is 0 Å². The van der Waals surface area contributed by atoms with Crippen LogP contribution >= 0.6 is 11.8 Å². The number of pyridine rings is 1. The number of benzene rings is 2. The van der Waals surface area contributed by atoms with Crippen LogP contribution in [0.1, 0.15) is 23.0 Å². The largest absolute Gasteiger partial charge is 0.486 e. The monoisotopic (exact) mass is 476 g/mol. The van der Waals surface area contributed by atoms with Gasteiger partial charge in [-0.1, -0.05) is 30.3 Å². The fraction of sp³-hybridized carbons (Fsp3) is 0.333. The van der Waals surface area contributed by atoms with Crippen molar-refractivity contribution in [1.29, 1.82) is 0 Å². The Morgan fingerprint density at radius 1 is 1.03 bits per heavy atom. The van der Waals surface area contributed by atoms with E-state index in [4.69, 9.17) is 9.47 Å². The van der Waals surface area contributed by atoms with E-state index in [1.54, 1.807) is 4.68 Å². The van der Waals surface area contributed by atoms with Crippen LogP contribution in [0.2, 0.25) is 0 Å². The number of aromatic nitrogens is 5. The van der Waals surface area contributed by atoms with Gasteiger partial charge in [-0.05, 0) is 28.1 Å². The first-order valence-corrected chi connectivity index (χ1v) is 12.5. The lowest BCUT2D eigenvalue weighted by Crippen LogP contribution is -2.40. The minimum absolute atomic E-state index is 0.151. The second-order valence-corrected chi connectivity index (χ2v) is 9.59. The molecule has 0 saturated carbocycles. The van der Waals surface area contributed by atoms with Crippen molar-refractivity contribution >= 4 is 22.7 Å². The van der Waals surface area contributed by atoms with Gasteiger partial charge in [-0.25, -0.2) is 4.68 Å². The molecule has 1 saturated heterocycles. The van der Waals surface area contributed by atoms with Gasteiger partial charge < -0.3 is 14.5 Å². The highest BCUT2D eigenvalue weighted by Crippen LogP contribution is 2.35. The van der Waals surface area contributed by atoms with Crippen molar-refractivity contribution in [3.05, 3.63) is 75.8 Å². The van der Waals surface area contributed by atoms with Crippen molar-refractivity contribution in [1.82, 2.24) is 30.1 Å². The topological polar surface area (TPSA) is 98.2 Å². The van der Waals surface area contributed by atoms with Gasteiger partial charge in [-0.15, -0.1) is 5.10 Å². The minimum atomic E-state index is -0.360. The lowest BCUT2D eigenvalue weighted by atomic mass is 10.0. The van der Waals surface area contributed by atoms with Crippen LogP contribution in [0.4, 0.5) is 0 Å². The maximum Gasteiger partial charge on any atom is 0.253 e. The summed E-state index contributed by atoms with van der Waals surface area (Å²) in [7, 11) is 0. The zero-order valence-corrected chi connectivity index (χ0v) is 19.3. The summed E-state index contributed by atoms with van der Waals surface area (Å²) in [6.07, 6.45) is 0. The third-order valence-corrected chi connectivity index (χ3v) is 7.16. The molecule has 0 unspecified atom stereocenters. The summed E-state index contributed by atoms with van der Waals surface area (Å²) in [5.41, 5.74) is 2.29. The number of rotatable bonds is 5. The molecule has 10 heteroatoms. The number of tetrazole rings is 1. The predicted molar refractivity (Wildman–Crippen MR) is 130 cm³/mol. The number of fused-ring (bicyclic) bond motifs is 2. The number of thioether (sulfide) groups is 1. The molecule has 6 rings (SSSR count). The Morgan fingerprint density at radius 2 is 1.79 bits per heavy atom. The molecule has 4 aromatic rings. The molecule has 2 aliphatic heterocycles. The standard InChI is InChI=1S/C24H24N6O3S/c31-24-18(12-17-13-20-21(14-19(17)25-24)33-9-8-32-20)22(29-6-10-34-11-7-29)23-26-27-28-30(23)15-16-4-2-1-3-5-16/h1-5,12-14,22H,6-11,15H2,(H,25,31)/t22-/m1/s1. The van der Waals surface area contributed by atoms with E-state index < -0.39 is 0 Å². The molecule has 2 aromatic heterocycles. The number of aromatic amines is 1. The molecule has 34 heavy (non-hydrogen) atoms. The first-order chi connectivity index (χ1) is 16.8. The number of nitrogens with one attached hydrogen (secondary N) is 1. The van der Waals surface area contributed by atoms with Crippen molar-refractivity contribution in [3.63, 3.8) is 0 Å². The molecule has 2 aliphatic rings. The third kappa shape index (κ3) is 4.03. The molecule has 2 aromatic carbocycles. The zero-order valence-electron chi connectivity index (χ0n) is 18.5. The molecule has 0 bridgehead atoms. The van der Waals surface area contributed by atoms with Gasteiger partial charge >= 0.3 is 0 Å². The molecule has 1 fully saturated rings. The van der Waals surface area contributed by atoms with Gasteiger partial charge in [0.05, 0.1) is 12.1 Å². The Hall–Kier alpha value is -3.37. The van der Waals surface area contributed by atoms with Crippen molar-refractivity contribution in [2.75, 3.05) is 37.8 Å². The summed E-state index contributed by atoms with van der Waals surface area (Å²) in [5.74, 6) is 4.01. The molecule has 1 N–H and O–H groups in total. The quantitative estimate of drug-likeness (QED) is 0.469. The van der Waals surface area contributed by atoms with Crippen LogP contribution in [0.3, 0.4) is 0 Å². The fourth-order valence-corrected chi connectivity index (χ4v) is 5.51. The Kier molecular flexibility index (Phi) is 5.68. The van der Waals surface area contributed by atoms with Crippen LogP contribution in [0, 0.1) is 0 Å². The normalized spacial score (nSPS) is 17.1. The van der Waals surface area contributed by atoms with Crippen LogP contribution in [0.25, 0.3) is 10.9 Å². The molecule has 0 amide bonds. The van der Waals surface area contributed by atoms with E-state index in [0.717, 1.165) is 41.1 Å². The number of hydrogen-bond donors (Lipinski definition) is 1.